The molecule has 0 amide bonds. The summed E-state index contributed by atoms with van der Waals surface area (Å²) in [5.41, 5.74) is 5.28. The van der Waals surface area contributed by atoms with Crippen molar-refractivity contribution in [3.8, 4) is 17.0 Å². The van der Waals surface area contributed by atoms with Crippen LogP contribution >= 0.6 is 11.6 Å². The Labute approximate surface area is 123 Å². The van der Waals surface area contributed by atoms with Crippen molar-refractivity contribution < 1.29 is 17.9 Å². The van der Waals surface area contributed by atoms with Gasteiger partial charge in [0.1, 0.15) is 12.0 Å². The largest absolute Gasteiger partial charge is 0.488 e. The predicted octanol–water partition coefficient (Wildman–Crippen LogP) is 3.80. The van der Waals surface area contributed by atoms with Gasteiger partial charge in [0, 0.05) is 11.3 Å². The minimum absolute atomic E-state index is 0.0126. The first kappa shape index (κ1) is 15.4. The van der Waals surface area contributed by atoms with Crippen LogP contribution in [-0.2, 0) is 6.18 Å². The van der Waals surface area contributed by atoms with Gasteiger partial charge in [-0.1, -0.05) is 11.6 Å². The molecule has 0 saturated carbocycles. The van der Waals surface area contributed by atoms with Crippen molar-refractivity contribution in [3.63, 3.8) is 0 Å². The van der Waals surface area contributed by atoms with Gasteiger partial charge in [-0.15, -0.1) is 0 Å². The van der Waals surface area contributed by atoms with Gasteiger partial charge >= 0.3 is 6.18 Å². The molecule has 0 bridgehead atoms. The smallest absolute Gasteiger partial charge is 0.416 e. The highest BCUT2D eigenvalue weighted by Crippen LogP contribution is 2.39. The molecule has 2 rings (SSSR count). The molecule has 0 radical (unpaired) electrons. The average molecular weight is 318 g/mol. The van der Waals surface area contributed by atoms with E-state index >= 15 is 0 Å². The fourth-order valence-corrected chi connectivity index (χ4v) is 1.94. The number of hydrogen-bond donors (Lipinski definition) is 1. The van der Waals surface area contributed by atoms with E-state index in [0.29, 0.717) is 0 Å². The van der Waals surface area contributed by atoms with Gasteiger partial charge in [-0.25, -0.2) is 9.97 Å². The molecule has 112 valence electrons. The molecule has 1 aromatic heterocycles. The monoisotopic (exact) mass is 317 g/mol. The predicted molar refractivity (Wildman–Crippen MR) is 73.1 cm³/mol. The van der Waals surface area contributed by atoms with E-state index in [2.05, 4.69) is 9.97 Å². The van der Waals surface area contributed by atoms with Gasteiger partial charge in [-0.2, -0.15) is 13.2 Å². The van der Waals surface area contributed by atoms with Crippen LogP contribution < -0.4 is 10.5 Å². The van der Waals surface area contributed by atoms with Crippen LogP contribution in [0.5, 0.6) is 5.75 Å². The molecule has 4 nitrogen and oxygen atoms in total. The van der Waals surface area contributed by atoms with Crippen molar-refractivity contribution >= 4 is 17.3 Å². The molecule has 8 heteroatoms. The molecule has 2 N–H and O–H groups in total. The Kier molecular flexibility index (Phi) is 4.22. The number of nitrogen functional groups attached to an aromatic ring is 1. The summed E-state index contributed by atoms with van der Waals surface area (Å²) >= 11 is 5.90. The SMILES string of the molecule is CCOc1c(Cl)ncnc1-c1cc(C(F)(F)F)ccc1N. The van der Waals surface area contributed by atoms with Gasteiger partial charge in [0.25, 0.3) is 0 Å². The average Bonchev–Trinajstić information content (AvgIpc) is 2.41. The Balaban J connectivity index is 2.64. The quantitative estimate of drug-likeness (QED) is 0.691. The van der Waals surface area contributed by atoms with Gasteiger partial charge in [-0.3, -0.25) is 0 Å². The van der Waals surface area contributed by atoms with Gasteiger partial charge in [-0.05, 0) is 25.1 Å². The zero-order valence-electron chi connectivity index (χ0n) is 10.9. The van der Waals surface area contributed by atoms with Crippen LogP contribution in [-0.4, -0.2) is 16.6 Å². The first-order valence-corrected chi connectivity index (χ1v) is 6.32. The van der Waals surface area contributed by atoms with Crippen LogP contribution in [0.4, 0.5) is 18.9 Å². The van der Waals surface area contributed by atoms with Crippen molar-refractivity contribution in [2.45, 2.75) is 13.1 Å². The number of nitrogens with zero attached hydrogens (tertiary/aromatic N) is 2. The van der Waals surface area contributed by atoms with Crippen molar-refractivity contribution in [2.24, 2.45) is 0 Å². The van der Waals surface area contributed by atoms with E-state index in [-0.39, 0.29) is 34.5 Å². The second-order valence-electron chi connectivity index (χ2n) is 4.08. The summed E-state index contributed by atoms with van der Waals surface area (Å²) in [5.74, 6) is 0.104. The summed E-state index contributed by atoms with van der Waals surface area (Å²) < 4.78 is 43.7. The van der Waals surface area contributed by atoms with Crippen molar-refractivity contribution in [2.75, 3.05) is 12.3 Å². The highest BCUT2D eigenvalue weighted by Gasteiger charge is 2.31. The fraction of sp³-hybridized carbons (Fsp3) is 0.231. The molecule has 21 heavy (non-hydrogen) atoms. The Morgan fingerprint density at radius 3 is 2.62 bits per heavy atom. The molecule has 2 aromatic rings. The van der Waals surface area contributed by atoms with Gasteiger partial charge in [0.05, 0.1) is 12.2 Å². The maximum Gasteiger partial charge on any atom is 0.416 e. The zero-order valence-corrected chi connectivity index (χ0v) is 11.7. The first-order chi connectivity index (χ1) is 9.84. The Hall–Kier alpha value is -2.02. The van der Waals surface area contributed by atoms with Crippen LogP contribution in [0.2, 0.25) is 5.15 Å². The van der Waals surface area contributed by atoms with Crippen LogP contribution in [0.15, 0.2) is 24.5 Å². The normalized spacial score (nSPS) is 11.5. The minimum atomic E-state index is -4.48. The van der Waals surface area contributed by atoms with E-state index in [1.807, 2.05) is 0 Å². The third kappa shape index (κ3) is 3.18. The summed E-state index contributed by atoms with van der Waals surface area (Å²) in [5, 5.41) is 0.0126. The summed E-state index contributed by atoms with van der Waals surface area (Å²) in [6.07, 6.45) is -3.34. The summed E-state index contributed by atoms with van der Waals surface area (Å²) in [4.78, 5) is 7.70. The number of halogens is 4. The van der Waals surface area contributed by atoms with Gasteiger partial charge in [0.2, 0.25) is 0 Å². The fourth-order valence-electron chi connectivity index (χ4n) is 1.75. The van der Waals surface area contributed by atoms with E-state index in [1.165, 1.54) is 6.07 Å². The second kappa shape index (κ2) is 5.77. The minimum Gasteiger partial charge on any atom is -0.488 e. The summed E-state index contributed by atoms with van der Waals surface area (Å²) in [7, 11) is 0. The molecule has 0 atom stereocenters. The maximum atomic E-state index is 12.8. The number of anilines is 1. The highest BCUT2D eigenvalue weighted by molar-refractivity contribution is 6.31. The van der Waals surface area contributed by atoms with Gasteiger partial charge < -0.3 is 10.5 Å². The third-order valence-corrected chi connectivity index (χ3v) is 2.95. The molecule has 0 saturated heterocycles. The number of aromatic nitrogens is 2. The number of benzene rings is 1. The van der Waals surface area contributed by atoms with Crippen LogP contribution in [0.25, 0.3) is 11.3 Å². The molecule has 0 spiro atoms. The zero-order chi connectivity index (χ0) is 15.6. The number of nitrogens with two attached hydrogens (primary N) is 1. The van der Waals surface area contributed by atoms with Crippen LogP contribution in [0, 0.1) is 0 Å². The third-order valence-electron chi connectivity index (χ3n) is 2.68. The van der Waals surface area contributed by atoms with Crippen molar-refractivity contribution in [3.05, 3.63) is 35.2 Å². The molecule has 1 aromatic carbocycles. The van der Waals surface area contributed by atoms with Crippen molar-refractivity contribution in [1.29, 1.82) is 0 Å². The van der Waals surface area contributed by atoms with Crippen molar-refractivity contribution in [1.82, 2.24) is 9.97 Å². The first-order valence-electron chi connectivity index (χ1n) is 5.95. The van der Waals surface area contributed by atoms with E-state index in [1.54, 1.807) is 6.92 Å². The Morgan fingerprint density at radius 1 is 1.29 bits per heavy atom. The number of alkyl halides is 3. The second-order valence-corrected chi connectivity index (χ2v) is 4.43. The van der Waals surface area contributed by atoms with E-state index < -0.39 is 11.7 Å². The standard InChI is InChI=1S/C13H11ClF3N3O/c1-2-21-11-10(19-6-20-12(11)14)8-5-7(13(15,16)17)3-4-9(8)18/h3-6H,2,18H2,1H3. The summed E-state index contributed by atoms with van der Waals surface area (Å²) in [6, 6.07) is 2.99. The highest BCUT2D eigenvalue weighted by atomic mass is 35.5. The molecule has 0 aliphatic heterocycles. The Bertz CT molecular complexity index is 662. The maximum absolute atomic E-state index is 12.8. The van der Waals surface area contributed by atoms with E-state index in [0.717, 1.165) is 18.5 Å². The molecule has 1 heterocycles. The summed E-state index contributed by atoms with van der Waals surface area (Å²) in [6.45, 7) is 1.97. The molecule has 0 unspecified atom stereocenters. The lowest BCUT2D eigenvalue weighted by Crippen LogP contribution is -2.07. The van der Waals surface area contributed by atoms with Crippen LogP contribution in [0.1, 0.15) is 12.5 Å². The number of hydrogen-bond acceptors (Lipinski definition) is 4. The van der Waals surface area contributed by atoms with E-state index in [4.69, 9.17) is 22.1 Å². The van der Waals surface area contributed by atoms with E-state index in [9.17, 15) is 13.2 Å². The Morgan fingerprint density at radius 2 is 2.00 bits per heavy atom. The molecular weight excluding hydrogens is 307 g/mol. The molecule has 0 fully saturated rings. The lowest BCUT2D eigenvalue weighted by Gasteiger charge is -2.14. The lowest BCUT2D eigenvalue weighted by molar-refractivity contribution is -0.137. The van der Waals surface area contributed by atoms with Gasteiger partial charge in [0.15, 0.2) is 10.9 Å². The molecule has 0 aliphatic carbocycles. The molecular formula is C13H11ClF3N3O. The number of ether oxygens (including phenoxy) is 1. The van der Waals surface area contributed by atoms with Crippen LogP contribution in [0.3, 0.4) is 0 Å². The lowest BCUT2D eigenvalue weighted by atomic mass is 10.0. The topological polar surface area (TPSA) is 61.0 Å². The molecule has 0 aliphatic rings. The number of rotatable bonds is 3.